The molecule has 0 aromatic heterocycles. The molecule has 4 heteroatoms. The fourth-order valence-electron chi connectivity index (χ4n) is 2.76. The maximum atomic E-state index is 5.37. The van der Waals surface area contributed by atoms with E-state index in [2.05, 4.69) is 9.98 Å². The Morgan fingerprint density at radius 1 is 0.607 bits per heavy atom. The Bertz CT molecular complexity index is 923. The van der Waals surface area contributed by atoms with E-state index in [1.165, 1.54) is 0 Å². The van der Waals surface area contributed by atoms with Crippen molar-refractivity contribution in [2.24, 2.45) is 9.98 Å². The molecule has 0 radical (unpaired) electrons. The van der Waals surface area contributed by atoms with Crippen LogP contribution in [0.2, 0.25) is 0 Å². The Morgan fingerprint density at radius 2 is 1.00 bits per heavy atom. The van der Waals surface area contributed by atoms with E-state index in [-0.39, 0.29) is 0 Å². The van der Waals surface area contributed by atoms with Crippen LogP contribution < -0.4 is 9.47 Å². The van der Waals surface area contributed by atoms with Gasteiger partial charge in [-0.25, -0.2) is 0 Å². The molecule has 3 aromatic rings. The first-order valence-electron chi connectivity index (χ1n) is 9.06. The fraction of sp³-hybridized carbons (Fsp3) is 0.167. The van der Waals surface area contributed by atoms with Crippen molar-refractivity contribution in [3.8, 4) is 11.5 Å². The van der Waals surface area contributed by atoms with Crippen LogP contribution in [0.3, 0.4) is 0 Å². The average molecular weight is 372 g/mol. The zero-order chi connectivity index (χ0) is 19.9. The maximum Gasteiger partial charge on any atom is 0.144 e. The summed E-state index contributed by atoms with van der Waals surface area (Å²) in [5.41, 5.74) is 5.94. The van der Waals surface area contributed by atoms with Crippen molar-refractivity contribution >= 4 is 23.8 Å². The van der Waals surface area contributed by atoms with Crippen LogP contribution in [-0.2, 0) is 0 Å². The number of methoxy groups -OCH3 is 2. The van der Waals surface area contributed by atoms with E-state index in [0.29, 0.717) is 0 Å². The predicted molar refractivity (Wildman–Crippen MR) is 116 cm³/mol. The molecule has 0 atom stereocenters. The number of benzene rings is 3. The van der Waals surface area contributed by atoms with Crippen LogP contribution in [0.15, 0.2) is 70.6 Å². The first kappa shape index (κ1) is 19.4. The first-order valence-corrected chi connectivity index (χ1v) is 9.06. The van der Waals surface area contributed by atoms with E-state index >= 15 is 0 Å². The zero-order valence-electron chi connectivity index (χ0n) is 16.6. The molecule has 3 rings (SSSR count). The van der Waals surface area contributed by atoms with Crippen LogP contribution in [-0.4, -0.2) is 26.6 Å². The van der Waals surface area contributed by atoms with Crippen LogP contribution in [0, 0.1) is 13.8 Å². The highest BCUT2D eigenvalue weighted by Crippen LogP contribution is 2.29. The number of rotatable bonds is 6. The maximum absolute atomic E-state index is 5.37. The van der Waals surface area contributed by atoms with Gasteiger partial charge < -0.3 is 9.47 Å². The second-order valence-corrected chi connectivity index (χ2v) is 6.53. The molecule has 0 bridgehead atoms. The third-order valence-electron chi connectivity index (χ3n) is 4.31. The minimum atomic E-state index is 0.762. The van der Waals surface area contributed by atoms with Gasteiger partial charge in [-0.1, -0.05) is 36.4 Å². The lowest BCUT2D eigenvalue weighted by Crippen LogP contribution is -1.87. The Balaban J connectivity index is 1.76. The molecule has 0 spiro atoms. The van der Waals surface area contributed by atoms with Crippen molar-refractivity contribution in [3.63, 3.8) is 0 Å². The van der Waals surface area contributed by atoms with Gasteiger partial charge in [-0.2, -0.15) is 0 Å². The highest BCUT2D eigenvalue weighted by Gasteiger charge is 2.02. The Labute approximate surface area is 166 Å². The van der Waals surface area contributed by atoms with Gasteiger partial charge in [0, 0.05) is 12.4 Å². The standard InChI is InChI=1S/C24H24N2O2/c1-17-5-11-23(27-3)21(13-17)25-15-19-7-9-20(10-8-19)16-26-22-14-18(2)6-12-24(22)28-4/h5-16H,1-4H3. The number of nitrogens with zero attached hydrogens (tertiary/aromatic N) is 2. The molecule has 28 heavy (non-hydrogen) atoms. The lowest BCUT2D eigenvalue weighted by Gasteiger charge is -2.05. The lowest BCUT2D eigenvalue weighted by atomic mass is 10.1. The van der Waals surface area contributed by atoms with Gasteiger partial charge in [-0.15, -0.1) is 0 Å². The van der Waals surface area contributed by atoms with E-state index in [9.17, 15) is 0 Å². The largest absolute Gasteiger partial charge is 0.494 e. The Morgan fingerprint density at radius 3 is 1.36 bits per heavy atom. The molecule has 3 aromatic carbocycles. The smallest absolute Gasteiger partial charge is 0.144 e. The van der Waals surface area contributed by atoms with E-state index in [0.717, 1.165) is 45.1 Å². The predicted octanol–water partition coefficient (Wildman–Crippen LogP) is 5.82. The van der Waals surface area contributed by atoms with E-state index in [1.54, 1.807) is 14.2 Å². The summed E-state index contributed by atoms with van der Waals surface area (Å²) >= 11 is 0. The summed E-state index contributed by atoms with van der Waals surface area (Å²) in [7, 11) is 3.31. The molecule has 0 aliphatic heterocycles. The summed E-state index contributed by atoms with van der Waals surface area (Å²) in [6, 6.07) is 20.0. The van der Waals surface area contributed by atoms with Gasteiger partial charge in [-0.05, 0) is 60.4 Å². The van der Waals surface area contributed by atoms with E-state index in [1.807, 2.05) is 86.9 Å². The molecule has 0 N–H and O–H groups in total. The van der Waals surface area contributed by atoms with Gasteiger partial charge >= 0.3 is 0 Å². The summed E-state index contributed by atoms with van der Waals surface area (Å²) in [6.07, 6.45) is 3.67. The van der Waals surface area contributed by atoms with Gasteiger partial charge in [0.1, 0.15) is 22.9 Å². The van der Waals surface area contributed by atoms with Crippen molar-refractivity contribution in [2.75, 3.05) is 14.2 Å². The molecular weight excluding hydrogens is 348 g/mol. The summed E-state index contributed by atoms with van der Waals surface area (Å²) < 4.78 is 10.7. The molecule has 0 saturated heterocycles. The average Bonchev–Trinajstić information content (AvgIpc) is 2.71. The van der Waals surface area contributed by atoms with Crippen LogP contribution in [0.25, 0.3) is 0 Å². The SMILES string of the molecule is COc1ccc(C)cc1N=Cc1ccc(C=Nc2cc(C)ccc2OC)cc1. The zero-order valence-corrected chi connectivity index (χ0v) is 16.6. The van der Waals surface area contributed by atoms with Crippen molar-refractivity contribution in [3.05, 3.63) is 82.9 Å². The normalized spacial score (nSPS) is 11.3. The number of hydrogen-bond donors (Lipinski definition) is 0. The molecule has 0 amide bonds. The number of aryl methyl sites for hydroxylation is 2. The topological polar surface area (TPSA) is 43.2 Å². The quantitative estimate of drug-likeness (QED) is 0.512. The highest BCUT2D eigenvalue weighted by atomic mass is 16.5. The van der Waals surface area contributed by atoms with E-state index < -0.39 is 0 Å². The molecule has 0 heterocycles. The molecule has 0 saturated carbocycles. The Kier molecular flexibility index (Phi) is 6.22. The number of aliphatic imine (C=N–C) groups is 2. The lowest BCUT2D eigenvalue weighted by molar-refractivity contribution is 0.416. The third-order valence-corrected chi connectivity index (χ3v) is 4.31. The minimum absolute atomic E-state index is 0.762. The number of ether oxygens (including phenoxy) is 2. The van der Waals surface area contributed by atoms with Gasteiger partial charge in [0.25, 0.3) is 0 Å². The van der Waals surface area contributed by atoms with Crippen molar-refractivity contribution in [2.45, 2.75) is 13.8 Å². The monoisotopic (exact) mass is 372 g/mol. The first-order chi connectivity index (χ1) is 13.6. The van der Waals surface area contributed by atoms with E-state index in [4.69, 9.17) is 9.47 Å². The van der Waals surface area contributed by atoms with Gasteiger partial charge in [0.2, 0.25) is 0 Å². The molecule has 0 unspecified atom stereocenters. The number of hydrogen-bond acceptors (Lipinski definition) is 4. The van der Waals surface area contributed by atoms with Crippen molar-refractivity contribution in [1.82, 2.24) is 0 Å². The second-order valence-electron chi connectivity index (χ2n) is 6.53. The molecule has 0 fully saturated rings. The van der Waals surface area contributed by atoms with Crippen LogP contribution >= 0.6 is 0 Å². The fourth-order valence-corrected chi connectivity index (χ4v) is 2.76. The second kappa shape index (κ2) is 9.00. The summed E-state index contributed by atoms with van der Waals surface area (Å²) in [6.45, 7) is 4.08. The third kappa shape index (κ3) is 4.86. The van der Waals surface area contributed by atoms with Gasteiger partial charge in [0.15, 0.2) is 0 Å². The van der Waals surface area contributed by atoms with Crippen LogP contribution in [0.5, 0.6) is 11.5 Å². The molecular formula is C24H24N2O2. The highest BCUT2D eigenvalue weighted by molar-refractivity contribution is 5.87. The molecule has 4 nitrogen and oxygen atoms in total. The summed E-state index contributed by atoms with van der Waals surface area (Å²) in [5, 5.41) is 0. The molecule has 0 aliphatic carbocycles. The summed E-state index contributed by atoms with van der Waals surface area (Å²) in [4.78, 5) is 9.13. The van der Waals surface area contributed by atoms with Gasteiger partial charge in [0.05, 0.1) is 14.2 Å². The van der Waals surface area contributed by atoms with Crippen molar-refractivity contribution in [1.29, 1.82) is 0 Å². The van der Waals surface area contributed by atoms with Crippen LogP contribution in [0.4, 0.5) is 11.4 Å². The Hall–Kier alpha value is -3.40. The molecule has 0 aliphatic rings. The minimum Gasteiger partial charge on any atom is -0.494 e. The van der Waals surface area contributed by atoms with Crippen molar-refractivity contribution < 1.29 is 9.47 Å². The molecule has 142 valence electrons. The van der Waals surface area contributed by atoms with Gasteiger partial charge in [-0.3, -0.25) is 9.98 Å². The van der Waals surface area contributed by atoms with Crippen LogP contribution in [0.1, 0.15) is 22.3 Å². The summed E-state index contributed by atoms with van der Waals surface area (Å²) in [5.74, 6) is 1.52.